The van der Waals surface area contributed by atoms with Crippen LogP contribution < -0.4 is 10.6 Å². The highest BCUT2D eigenvalue weighted by atomic mass is 32.2. The van der Waals surface area contributed by atoms with E-state index in [9.17, 15) is 9.59 Å². The van der Waals surface area contributed by atoms with Gasteiger partial charge in [-0.25, -0.2) is 0 Å². The van der Waals surface area contributed by atoms with Gasteiger partial charge in [-0.15, -0.1) is 11.8 Å². The average Bonchev–Trinajstić information content (AvgIpc) is 3.19. The van der Waals surface area contributed by atoms with Crippen molar-refractivity contribution in [3.8, 4) is 0 Å². The predicted molar refractivity (Wildman–Crippen MR) is 115 cm³/mol. The maximum absolute atomic E-state index is 13.4. The molecule has 2 aromatic carbocycles. The minimum Gasteiger partial charge on any atom is -0.361 e. The van der Waals surface area contributed by atoms with Crippen molar-refractivity contribution in [1.82, 2.24) is 10.3 Å². The maximum Gasteiger partial charge on any atom is 0.251 e. The molecule has 3 aromatic rings. The van der Waals surface area contributed by atoms with Gasteiger partial charge in [-0.05, 0) is 24.3 Å². The molecule has 5 nitrogen and oxygen atoms in total. The Morgan fingerprint density at radius 1 is 1.11 bits per heavy atom. The van der Waals surface area contributed by atoms with Crippen LogP contribution in [0.3, 0.4) is 0 Å². The molecule has 0 saturated carbocycles. The van der Waals surface area contributed by atoms with E-state index >= 15 is 0 Å². The molecular formula is C22H23N3O2S. The van der Waals surface area contributed by atoms with Gasteiger partial charge in [0.15, 0.2) is 0 Å². The third kappa shape index (κ3) is 2.79. The number of hydrogen-bond donors (Lipinski definition) is 3. The fourth-order valence-electron chi connectivity index (χ4n) is 3.81. The van der Waals surface area contributed by atoms with Gasteiger partial charge < -0.3 is 15.6 Å². The van der Waals surface area contributed by atoms with E-state index in [0.29, 0.717) is 5.56 Å². The van der Waals surface area contributed by atoms with Crippen LogP contribution in [0.2, 0.25) is 0 Å². The summed E-state index contributed by atoms with van der Waals surface area (Å²) in [6, 6.07) is 13.4. The number of nitrogens with one attached hydrogen (secondary N) is 3. The zero-order valence-corrected chi connectivity index (χ0v) is 17.2. The van der Waals surface area contributed by atoms with Crippen molar-refractivity contribution in [3.05, 3.63) is 65.4 Å². The second kappa shape index (κ2) is 6.41. The van der Waals surface area contributed by atoms with E-state index in [0.717, 1.165) is 27.7 Å². The summed E-state index contributed by atoms with van der Waals surface area (Å²) in [5, 5.41) is 6.60. The highest BCUT2D eigenvalue weighted by Gasteiger charge is 2.52. The molecule has 28 heavy (non-hydrogen) atoms. The van der Waals surface area contributed by atoms with Gasteiger partial charge in [-0.2, -0.15) is 0 Å². The van der Waals surface area contributed by atoms with E-state index in [1.807, 2.05) is 42.6 Å². The maximum atomic E-state index is 13.4. The van der Waals surface area contributed by atoms with Crippen LogP contribution in [0.1, 0.15) is 42.3 Å². The molecule has 1 unspecified atom stereocenters. The number of rotatable bonds is 3. The number of carbonyl (C=O) groups is 2. The van der Waals surface area contributed by atoms with E-state index in [4.69, 9.17) is 0 Å². The molecule has 2 heterocycles. The number of para-hydroxylation sites is 1. The fraction of sp³-hybridized carbons (Fsp3) is 0.273. The highest BCUT2D eigenvalue weighted by Crippen LogP contribution is 2.55. The lowest BCUT2D eigenvalue weighted by Crippen LogP contribution is -2.36. The molecule has 1 atom stereocenters. The first-order valence-electron chi connectivity index (χ1n) is 9.21. The summed E-state index contributed by atoms with van der Waals surface area (Å²) >= 11 is 1.62. The summed E-state index contributed by atoms with van der Waals surface area (Å²) in [5.41, 5.74) is 4.12. The van der Waals surface area contributed by atoms with Gasteiger partial charge in [0.25, 0.3) is 5.91 Å². The summed E-state index contributed by atoms with van der Waals surface area (Å²) in [6.07, 6.45) is 1.90. The van der Waals surface area contributed by atoms with Crippen LogP contribution in [0.25, 0.3) is 10.9 Å². The summed E-state index contributed by atoms with van der Waals surface area (Å²) in [6.45, 7) is 6.33. The number of benzene rings is 2. The summed E-state index contributed by atoms with van der Waals surface area (Å²) in [7, 11) is 1.61. The zero-order valence-electron chi connectivity index (χ0n) is 16.3. The number of aromatic nitrogens is 1. The Kier molecular flexibility index (Phi) is 4.27. The number of hydrogen-bond acceptors (Lipinski definition) is 3. The topological polar surface area (TPSA) is 74.0 Å². The van der Waals surface area contributed by atoms with Gasteiger partial charge in [0.1, 0.15) is 4.75 Å². The van der Waals surface area contributed by atoms with Gasteiger partial charge >= 0.3 is 0 Å². The summed E-state index contributed by atoms with van der Waals surface area (Å²) in [4.78, 5) is 28.9. The van der Waals surface area contributed by atoms with E-state index in [-0.39, 0.29) is 16.6 Å². The molecule has 0 aliphatic carbocycles. The number of thioether (sulfide) groups is 1. The fourth-order valence-corrected chi connectivity index (χ4v) is 5.44. The number of aromatic amines is 1. The first-order valence-corrected chi connectivity index (χ1v) is 10.0. The highest BCUT2D eigenvalue weighted by molar-refractivity contribution is 8.02. The van der Waals surface area contributed by atoms with Crippen LogP contribution in [0.5, 0.6) is 0 Å². The van der Waals surface area contributed by atoms with Crippen molar-refractivity contribution in [1.29, 1.82) is 0 Å². The SMILES string of the molecule is CNC(=O)c1ccc2[nH]cc(C3(SC(C)(C)C)C(=O)Nc4ccccc43)c2c1. The van der Waals surface area contributed by atoms with Crippen molar-refractivity contribution in [2.24, 2.45) is 0 Å². The Morgan fingerprint density at radius 3 is 2.57 bits per heavy atom. The summed E-state index contributed by atoms with van der Waals surface area (Å²) < 4.78 is -1.06. The second-order valence-electron chi connectivity index (χ2n) is 7.94. The number of carbonyl (C=O) groups excluding carboxylic acids is 2. The second-order valence-corrected chi connectivity index (χ2v) is 9.98. The molecular weight excluding hydrogens is 370 g/mol. The van der Waals surface area contributed by atoms with Gasteiger partial charge in [-0.1, -0.05) is 39.0 Å². The van der Waals surface area contributed by atoms with Crippen molar-refractivity contribution in [2.45, 2.75) is 30.3 Å². The Hall–Kier alpha value is -2.73. The van der Waals surface area contributed by atoms with Crippen LogP contribution in [0.4, 0.5) is 5.69 Å². The molecule has 3 N–H and O–H groups in total. The molecule has 144 valence electrons. The smallest absolute Gasteiger partial charge is 0.251 e. The Labute approximate surface area is 168 Å². The van der Waals surface area contributed by atoms with Gasteiger partial charge in [0, 0.05) is 51.3 Å². The quantitative estimate of drug-likeness (QED) is 0.623. The van der Waals surface area contributed by atoms with Crippen molar-refractivity contribution >= 4 is 40.2 Å². The Morgan fingerprint density at radius 2 is 1.86 bits per heavy atom. The van der Waals surface area contributed by atoms with Crippen LogP contribution in [0.15, 0.2) is 48.7 Å². The van der Waals surface area contributed by atoms with Crippen LogP contribution >= 0.6 is 11.8 Å². The lowest BCUT2D eigenvalue weighted by atomic mass is 9.90. The lowest BCUT2D eigenvalue weighted by molar-refractivity contribution is -0.117. The Bertz CT molecular complexity index is 1100. The van der Waals surface area contributed by atoms with E-state index < -0.39 is 4.75 Å². The molecule has 1 aliphatic heterocycles. The van der Waals surface area contributed by atoms with Crippen LogP contribution in [-0.2, 0) is 9.54 Å². The van der Waals surface area contributed by atoms with Crippen molar-refractivity contribution < 1.29 is 9.59 Å². The summed E-state index contributed by atoms with van der Waals surface area (Å²) in [5.74, 6) is -0.206. The third-order valence-electron chi connectivity index (χ3n) is 4.88. The predicted octanol–water partition coefficient (Wildman–Crippen LogP) is 4.25. The Balaban J connectivity index is 2.02. The molecule has 0 bridgehead atoms. The average molecular weight is 394 g/mol. The van der Waals surface area contributed by atoms with E-state index in [2.05, 4.69) is 36.4 Å². The molecule has 2 amide bonds. The minimum absolute atomic E-state index is 0.0557. The monoisotopic (exact) mass is 393 g/mol. The molecule has 0 fully saturated rings. The zero-order chi connectivity index (χ0) is 20.1. The normalized spacial score (nSPS) is 18.8. The van der Waals surface area contributed by atoms with Crippen LogP contribution in [0, 0.1) is 0 Å². The molecule has 1 aliphatic rings. The number of anilines is 1. The minimum atomic E-state index is -0.894. The number of H-pyrrole nitrogens is 1. The first-order chi connectivity index (χ1) is 13.3. The van der Waals surface area contributed by atoms with E-state index in [1.165, 1.54) is 0 Å². The lowest BCUT2D eigenvalue weighted by Gasteiger charge is -2.33. The standard InChI is InChI=1S/C22H23N3O2S/c1-21(2,3)28-22(15-7-5-6-8-18(15)25-20(22)27)16-12-24-17-10-9-13(11-14(16)17)19(26)23-4/h5-12,24H,1-4H3,(H,23,26)(H,25,27). The van der Waals surface area contributed by atoms with Gasteiger partial charge in [-0.3, -0.25) is 9.59 Å². The van der Waals surface area contributed by atoms with Crippen LogP contribution in [-0.4, -0.2) is 28.6 Å². The number of amides is 2. The molecule has 0 radical (unpaired) electrons. The largest absolute Gasteiger partial charge is 0.361 e. The first kappa shape index (κ1) is 18.6. The van der Waals surface area contributed by atoms with Crippen molar-refractivity contribution in [3.63, 3.8) is 0 Å². The van der Waals surface area contributed by atoms with Crippen molar-refractivity contribution in [2.75, 3.05) is 12.4 Å². The molecule has 6 heteroatoms. The van der Waals surface area contributed by atoms with E-state index in [1.54, 1.807) is 24.9 Å². The number of fused-ring (bicyclic) bond motifs is 2. The van der Waals surface area contributed by atoms with Gasteiger partial charge in [0.2, 0.25) is 5.91 Å². The van der Waals surface area contributed by atoms with Gasteiger partial charge in [0.05, 0.1) is 0 Å². The molecule has 0 spiro atoms. The molecule has 4 rings (SSSR count). The molecule has 0 saturated heterocycles. The third-order valence-corrected chi connectivity index (χ3v) is 6.43. The molecule has 1 aromatic heterocycles.